The molecule has 0 spiro atoms. The fourth-order valence-electron chi connectivity index (χ4n) is 2.23. The Morgan fingerprint density at radius 3 is 2.95 bits per heavy atom. The third-order valence-electron chi connectivity index (χ3n) is 3.39. The van der Waals surface area contributed by atoms with Gasteiger partial charge in [0.2, 0.25) is 4.96 Å². The van der Waals surface area contributed by atoms with Gasteiger partial charge in [-0.3, -0.25) is 0 Å². The van der Waals surface area contributed by atoms with E-state index in [2.05, 4.69) is 20.3 Å². The Kier molecular flexibility index (Phi) is 2.92. The molecule has 1 saturated carbocycles. The van der Waals surface area contributed by atoms with Gasteiger partial charge in [-0.1, -0.05) is 11.3 Å². The van der Waals surface area contributed by atoms with E-state index in [0.29, 0.717) is 11.0 Å². The summed E-state index contributed by atoms with van der Waals surface area (Å²) in [7, 11) is 0. The van der Waals surface area contributed by atoms with Gasteiger partial charge in [0.1, 0.15) is 5.01 Å². The molecule has 1 aliphatic carbocycles. The molecule has 8 heteroatoms. The van der Waals surface area contributed by atoms with Crippen LogP contribution in [0.5, 0.6) is 0 Å². The van der Waals surface area contributed by atoms with Gasteiger partial charge in [-0.15, -0.1) is 21.5 Å². The van der Waals surface area contributed by atoms with E-state index in [1.54, 1.807) is 11.3 Å². The van der Waals surface area contributed by atoms with Crippen LogP contribution >= 0.6 is 22.7 Å². The minimum absolute atomic E-state index is 0.581. The number of fused-ring (bicyclic) bond motifs is 1. The molecule has 0 aliphatic heterocycles. The quantitative estimate of drug-likeness (QED) is 0.782. The Balaban J connectivity index is 1.43. The molecule has 0 atom stereocenters. The second-order valence-corrected chi connectivity index (χ2v) is 6.98. The number of nitrogen functional groups attached to an aromatic ring is 1. The van der Waals surface area contributed by atoms with Crippen molar-refractivity contribution < 1.29 is 0 Å². The number of anilines is 1. The van der Waals surface area contributed by atoms with Crippen molar-refractivity contribution in [1.29, 1.82) is 0 Å². The largest absolute Gasteiger partial charge is 0.375 e. The van der Waals surface area contributed by atoms with Gasteiger partial charge in [-0.05, 0) is 25.7 Å². The van der Waals surface area contributed by atoms with E-state index in [4.69, 9.17) is 5.73 Å². The van der Waals surface area contributed by atoms with E-state index in [-0.39, 0.29) is 0 Å². The lowest BCUT2D eigenvalue weighted by molar-refractivity contribution is 0.757. The van der Waals surface area contributed by atoms with Crippen molar-refractivity contribution in [2.24, 2.45) is 0 Å². The maximum Gasteiger partial charge on any atom is 0.234 e. The summed E-state index contributed by atoms with van der Waals surface area (Å²) < 4.78 is 1.93. The van der Waals surface area contributed by atoms with Gasteiger partial charge in [-0.2, -0.15) is 9.61 Å². The SMILES string of the molecule is Nc1nc(CCCc2nn3c(C4CC4)nnc3s2)cs1. The fraction of sp³-hybridized carbons (Fsp3) is 0.500. The van der Waals surface area contributed by atoms with Gasteiger partial charge in [0.15, 0.2) is 11.0 Å². The first-order valence-electron chi connectivity index (χ1n) is 6.70. The molecular weight excluding hydrogens is 292 g/mol. The number of hydrogen-bond acceptors (Lipinski definition) is 7. The van der Waals surface area contributed by atoms with Crippen LogP contribution in [0.3, 0.4) is 0 Å². The lowest BCUT2D eigenvalue weighted by Gasteiger charge is -1.95. The van der Waals surface area contributed by atoms with E-state index >= 15 is 0 Å². The van der Waals surface area contributed by atoms with Gasteiger partial charge in [0, 0.05) is 17.7 Å². The number of hydrogen-bond donors (Lipinski definition) is 1. The van der Waals surface area contributed by atoms with Gasteiger partial charge >= 0.3 is 0 Å². The molecule has 0 amide bonds. The highest BCUT2D eigenvalue weighted by molar-refractivity contribution is 7.16. The molecule has 104 valence electrons. The highest BCUT2D eigenvalue weighted by Gasteiger charge is 2.29. The molecular formula is C12H14N6S2. The topological polar surface area (TPSA) is 82.0 Å². The zero-order valence-corrected chi connectivity index (χ0v) is 12.5. The summed E-state index contributed by atoms with van der Waals surface area (Å²) in [6, 6.07) is 0. The van der Waals surface area contributed by atoms with Crippen molar-refractivity contribution in [3.05, 3.63) is 21.9 Å². The molecule has 0 radical (unpaired) electrons. The molecule has 0 aromatic carbocycles. The van der Waals surface area contributed by atoms with Crippen LogP contribution in [0.4, 0.5) is 5.13 Å². The Labute approximate surface area is 123 Å². The molecule has 1 aliphatic rings. The zero-order chi connectivity index (χ0) is 13.5. The first kappa shape index (κ1) is 12.2. The fourth-order valence-corrected chi connectivity index (χ4v) is 3.71. The number of aromatic nitrogens is 5. The van der Waals surface area contributed by atoms with E-state index in [0.717, 1.165) is 40.7 Å². The van der Waals surface area contributed by atoms with Crippen LogP contribution in [-0.4, -0.2) is 24.8 Å². The molecule has 2 N–H and O–H groups in total. The van der Waals surface area contributed by atoms with Gasteiger partial charge in [0.25, 0.3) is 0 Å². The van der Waals surface area contributed by atoms with Crippen LogP contribution < -0.4 is 5.73 Å². The van der Waals surface area contributed by atoms with Crippen molar-refractivity contribution in [2.45, 2.75) is 38.0 Å². The van der Waals surface area contributed by atoms with Gasteiger partial charge in [-0.25, -0.2) is 4.98 Å². The molecule has 0 saturated heterocycles. The van der Waals surface area contributed by atoms with Crippen LogP contribution in [-0.2, 0) is 12.8 Å². The van der Waals surface area contributed by atoms with Crippen LogP contribution in [0, 0.1) is 0 Å². The highest BCUT2D eigenvalue weighted by atomic mass is 32.1. The van der Waals surface area contributed by atoms with E-state index < -0.39 is 0 Å². The molecule has 3 aromatic heterocycles. The van der Waals surface area contributed by atoms with Crippen LogP contribution in [0.2, 0.25) is 0 Å². The normalized spacial score (nSPS) is 15.2. The molecule has 20 heavy (non-hydrogen) atoms. The molecule has 0 unspecified atom stereocenters. The number of nitrogens with zero attached hydrogens (tertiary/aromatic N) is 5. The molecule has 4 rings (SSSR count). The van der Waals surface area contributed by atoms with Crippen LogP contribution in [0.25, 0.3) is 4.96 Å². The summed E-state index contributed by atoms with van der Waals surface area (Å²) in [5.41, 5.74) is 6.71. The second-order valence-electron chi connectivity index (χ2n) is 5.05. The van der Waals surface area contributed by atoms with Crippen molar-refractivity contribution >= 4 is 32.8 Å². The minimum Gasteiger partial charge on any atom is -0.375 e. The summed E-state index contributed by atoms with van der Waals surface area (Å²) in [4.78, 5) is 5.19. The van der Waals surface area contributed by atoms with E-state index in [1.807, 2.05) is 9.90 Å². The van der Waals surface area contributed by atoms with E-state index in [9.17, 15) is 0 Å². The standard InChI is InChI=1S/C12H14N6S2/c13-11-14-8(6-19-11)2-1-3-9-17-18-10(7-4-5-7)15-16-12(18)20-9/h6-7H,1-5H2,(H2,13,14). The molecule has 0 bridgehead atoms. The maximum atomic E-state index is 5.63. The molecule has 6 nitrogen and oxygen atoms in total. The summed E-state index contributed by atoms with van der Waals surface area (Å²) in [6.45, 7) is 0. The lowest BCUT2D eigenvalue weighted by Crippen LogP contribution is -1.96. The Morgan fingerprint density at radius 2 is 2.20 bits per heavy atom. The van der Waals surface area contributed by atoms with Gasteiger partial charge < -0.3 is 5.73 Å². The summed E-state index contributed by atoms with van der Waals surface area (Å²) in [6.07, 6.45) is 5.38. The van der Waals surface area contributed by atoms with Crippen molar-refractivity contribution in [2.75, 3.05) is 5.73 Å². The highest BCUT2D eigenvalue weighted by Crippen LogP contribution is 2.39. The predicted molar refractivity (Wildman–Crippen MR) is 79.2 cm³/mol. The van der Waals surface area contributed by atoms with Gasteiger partial charge in [0.05, 0.1) is 5.69 Å². The van der Waals surface area contributed by atoms with Crippen molar-refractivity contribution in [3.8, 4) is 0 Å². The molecule has 3 aromatic rings. The summed E-state index contributed by atoms with van der Waals surface area (Å²) in [5.74, 6) is 1.62. The minimum atomic E-state index is 0.581. The summed E-state index contributed by atoms with van der Waals surface area (Å²) >= 11 is 3.14. The number of thiazole rings is 1. The Morgan fingerprint density at radius 1 is 1.30 bits per heavy atom. The summed E-state index contributed by atoms with van der Waals surface area (Å²) in [5, 5.41) is 16.9. The number of rotatable bonds is 5. The van der Waals surface area contributed by atoms with Crippen LogP contribution in [0.15, 0.2) is 5.38 Å². The van der Waals surface area contributed by atoms with E-state index in [1.165, 1.54) is 24.2 Å². The third-order valence-corrected chi connectivity index (χ3v) is 5.07. The number of nitrogens with two attached hydrogens (primary N) is 1. The molecule has 1 fully saturated rings. The first-order chi connectivity index (χ1) is 9.79. The Hall–Kier alpha value is -1.54. The third kappa shape index (κ3) is 2.29. The maximum absolute atomic E-state index is 5.63. The first-order valence-corrected chi connectivity index (χ1v) is 8.40. The lowest BCUT2D eigenvalue weighted by atomic mass is 10.2. The molecule has 3 heterocycles. The average Bonchev–Trinajstić information content (AvgIpc) is 2.87. The monoisotopic (exact) mass is 306 g/mol. The zero-order valence-electron chi connectivity index (χ0n) is 10.8. The van der Waals surface area contributed by atoms with Crippen molar-refractivity contribution in [1.82, 2.24) is 24.8 Å². The predicted octanol–water partition coefficient (Wildman–Crippen LogP) is 2.28. The number of aryl methyl sites for hydroxylation is 2. The second kappa shape index (κ2) is 4.78. The Bertz CT molecular complexity index is 738. The average molecular weight is 306 g/mol. The van der Waals surface area contributed by atoms with Crippen LogP contribution in [0.1, 0.15) is 41.7 Å². The van der Waals surface area contributed by atoms with Crippen molar-refractivity contribution in [3.63, 3.8) is 0 Å². The smallest absolute Gasteiger partial charge is 0.234 e.